The molecule has 0 amide bonds. The zero-order chi connectivity index (χ0) is 18.3. The summed E-state index contributed by atoms with van der Waals surface area (Å²) in [6, 6.07) is 3.72. The molecular formula is C13H21F3N2O5S. The Morgan fingerprint density at radius 3 is 1.88 bits per heavy atom. The second kappa shape index (κ2) is 10.2. The standard InChI is InChI=1S/C10H9F3O5S.C3H9N.H3N/c1-2-17-9(14)7-3-5-8(6-4-7)19(15,16)18-10(11,12)13;1-4(2)3;/h3-6H,2H2,1H3;1-3H3;1H3. The Kier molecular flexibility index (Phi) is 10.5. The zero-order valence-corrected chi connectivity index (χ0v) is 14.6. The number of benzene rings is 1. The molecule has 0 fully saturated rings. The summed E-state index contributed by atoms with van der Waals surface area (Å²) in [5.74, 6) is -0.705. The third-order valence-corrected chi connectivity index (χ3v) is 3.12. The average Bonchev–Trinajstić information content (AvgIpc) is 2.35. The smallest absolute Gasteiger partial charge is 0.462 e. The maximum absolute atomic E-state index is 11.9. The van der Waals surface area contributed by atoms with Gasteiger partial charge in [0.1, 0.15) is 0 Å². The molecule has 1 aromatic rings. The van der Waals surface area contributed by atoms with Crippen molar-refractivity contribution in [2.24, 2.45) is 0 Å². The predicted molar refractivity (Wildman–Crippen MR) is 81.4 cm³/mol. The molecule has 0 heterocycles. The van der Waals surface area contributed by atoms with Crippen LogP contribution in [0.25, 0.3) is 0 Å². The van der Waals surface area contributed by atoms with Crippen molar-refractivity contribution in [2.45, 2.75) is 18.2 Å². The van der Waals surface area contributed by atoms with Crippen molar-refractivity contribution in [1.82, 2.24) is 11.1 Å². The van der Waals surface area contributed by atoms with Crippen LogP contribution in [0.15, 0.2) is 29.2 Å². The fourth-order valence-electron chi connectivity index (χ4n) is 1.14. The molecule has 0 saturated heterocycles. The number of alkyl halides is 3. The lowest BCUT2D eigenvalue weighted by atomic mass is 10.2. The van der Waals surface area contributed by atoms with E-state index < -0.39 is 27.3 Å². The summed E-state index contributed by atoms with van der Waals surface area (Å²) in [5.41, 5.74) is 0.0211. The van der Waals surface area contributed by atoms with Gasteiger partial charge in [-0.1, -0.05) is 0 Å². The van der Waals surface area contributed by atoms with Crippen LogP contribution >= 0.6 is 0 Å². The molecule has 0 aliphatic heterocycles. The molecular weight excluding hydrogens is 353 g/mol. The van der Waals surface area contributed by atoms with E-state index in [4.69, 9.17) is 0 Å². The average molecular weight is 374 g/mol. The zero-order valence-electron chi connectivity index (χ0n) is 13.8. The van der Waals surface area contributed by atoms with Crippen LogP contribution in [0.1, 0.15) is 17.3 Å². The highest BCUT2D eigenvalue weighted by Gasteiger charge is 2.37. The highest BCUT2D eigenvalue weighted by Crippen LogP contribution is 2.24. The molecule has 1 rings (SSSR count). The van der Waals surface area contributed by atoms with Gasteiger partial charge in [0.15, 0.2) is 0 Å². The molecule has 1 aromatic carbocycles. The van der Waals surface area contributed by atoms with E-state index in [1.54, 1.807) is 6.92 Å². The molecule has 24 heavy (non-hydrogen) atoms. The molecule has 7 nitrogen and oxygen atoms in total. The number of hydrogen-bond donors (Lipinski definition) is 1. The summed E-state index contributed by atoms with van der Waals surface area (Å²) < 4.78 is 65.6. The van der Waals surface area contributed by atoms with Crippen LogP contribution in [0.3, 0.4) is 0 Å². The Bertz CT molecular complexity index is 598. The molecule has 0 bridgehead atoms. The van der Waals surface area contributed by atoms with Gasteiger partial charge in [-0.15, -0.1) is 13.2 Å². The van der Waals surface area contributed by atoms with E-state index in [-0.39, 0.29) is 18.3 Å². The van der Waals surface area contributed by atoms with Crippen LogP contribution in [0.4, 0.5) is 13.2 Å². The van der Waals surface area contributed by atoms with E-state index >= 15 is 0 Å². The first-order valence-electron chi connectivity index (χ1n) is 6.29. The molecule has 0 spiro atoms. The van der Waals surface area contributed by atoms with Gasteiger partial charge >= 0.3 is 22.4 Å². The van der Waals surface area contributed by atoms with Gasteiger partial charge in [0, 0.05) is 0 Å². The molecule has 0 aliphatic rings. The maximum Gasteiger partial charge on any atom is 0.537 e. The van der Waals surface area contributed by atoms with Gasteiger partial charge in [-0.3, -0.25) is 0 Å². The van der Waals surface area contributed by atoms with Gasteiger partial charge in [0.2, 0.25) is 0 Å². The summed E-state index contributed by atoms with van der Waals surface area (Å²) in [4.78, 5) is 12.5. The first-order valence-corrected chi connectivity index (χ1v) is 7.70. The predicted octanol–water partition coefficient (Wildman–Crippen LogP) is 2.43. The Balaban J connectivity index is 0. The number of carbonyl (C=O) groups is 1. The topological polar surface area (TPSA) is 108 Å². The van der Waals surface area contributed by atoms with Crippen LogP contribution < -0.4 is 6.15 Å². The quantitative estimate of drug-likeness (QED) is 0.637. The lowest BCUT2D eigenvalue weighted by molar-refractivity contribution is -0.271. The molecule has 0 saturated carbocycles. The molecule has 140 valence electrons. The monoisotopic (exact) mass is 374 g/mol. The van der Waals surface area contributed by atoms with Crippen molar-refractivity contribution in [3.05, 3.63) is 29.8 Å². The number of ether oxygens (including phenoxy) is 1. The Morgan fingerprint density at radius 2 is 1.54 bits per heavy atom. The van der Waals surface area contributed by atoms with Gasteiger partial charge in [-0.05, 0) is 52.3 Å². The van der Waals surface area contributed by atoms with Gasteiger partial charge in [-0.25, -0.2) is 4.79 Å². The van der Waals surface area contributed by atoms with E-state index in [1.165, 1.54) is 0 Å². The second-order valence-electron chi connectivity index (χ2n) is 4.57. The summed E-state index contributed by atoms with van der Waals surface area (Å²) in [6.07, 6.45) is -5.31. The number of nitrogens with zero attached hydrogens (tertiary/aromatic N) is 1. The highest BCUT2D eigenvalue weighted by molar-refractivity contribution is 7.86. The summed E-state index contributed by atoms with van der Waals surface area (Å²) in [6.45, 7) is 1.70. The minimum atomic E-state index is -5.31. The molecule has 0 atom stereocenters. The van der Waals surface area contributed by atoms with E-state index in [0.29, 0.717) is 0 Å². The van der Waals surface area contributed by atoms with Crippen LogP contribution in [0.2, 0.25) is 0 Å². The molecule has 0 aliphatic carbocycles. The van der Waals surface area contributed by atoms with E-state index in [9.17, 15) is 26.4 Å². The number of carbonyl (C=O) groups excluding carboxylic acids is 1. The highest BCUT2D eigenvalue weighted by atomic mass is 32.2. The lowest BCUT2D eigenvalue weighted by Crippen LogP contribution is -2.19. The Morgan fingerprint density at radius 1 is 1.12 bits per heavy atom. The van der Waals surface area contributed by atoms with E-state index in [1.807, 2.05) is 26.0 Å². The fourth-order valence-corrected chi connectivity index (χ4v) is 1.96. The van der Waals surface area contributed by atoms with E-state index in [0.717, 1.165) is 24.3 Å². The van der Waals surface area contributed by atoms with Gasteiger partial charge in [-0.2, -0.15) is 12.6 Å². The molecule has 0 radical (unpaired) electrons. The Hall–Kier alpha value is -1.69. The van der Waals surface area contributed by atoms with Crippen LogP contribution in [0, 0.1) is 0 Å². The van der Waals surface area contributed by atoms with Crippen molar-refractivity contribution in [2.75, 3.05) is 27.7 Å². The van der Waals surface area contributed by atoms with Crippen molar-refractivity contribution < 1.29 is 35.3 Å². The first kappa shape index (κ1) is 24.6. The second-order valence-corrected chi connectivity index (χ2v) is 6.12. The minimum absolute atomic E-state index is 0. The third kappa shape index (κ3) is 10.2. The number of esters is 1. The minimum Gasteiger partial charge on any atom is -0.462 e. The molecule has 3 N–H and O–H groups in total. The number of halogens is 3. The van der Waals surface area contributed by atoms with Crippen molar-refractivity contribution >= 4 is 16.1 Å². The van der Waals surface area contributed by atoms with Crippen molar-refractivity contribution in [1.29, 1.82) is 0 Å². The number of hydrogen-bond acceptors (Lipinski definition) is 7. The van der Waals surface area contributed by atoms with Crippen LogP contribution in [-0.2, 0) is 19.0 Å². The third-order valence-electron chi connectivity index (χ3n) is 1.86. The summed E-state index contributed by atoms with van der Waals surface area (Å²) >= 11 is 0. The first-order chi connectivity index (χ1) is 10.4. The SMILES string of the molecule is CCOC(=O)c1ccc(S(=O)(=O)OC(F)(F)F)cc1.CN(C)C.N. The van der Waals surface area contributed by atoms with Gasteiger partial charge < -0.3 is 15.8 Å². The lowest BCUT2D eigenvalue weighted by Gasteiger charge is -2.08. The van der Waals surface area contributed by atoms with Crippen molar-refractivity contribution in [3.63, 3.8) is 0 Å². The molecule has 11 heteroatoms. The summed E-state index contributed by atoms with van der Waals surface area (Å²) in [7, 11) is 1.05. The largest absolute Gasteiger partial charge is 0.537 e. The maximum atomic E-state index is 11.9. The van der Waals surface area contributed by atoms with E-state index in [2.05, 4.69) is 8.92 Å². The summed E-state index contributed by atoms with van der Waals surface area (Å²) in [5, 5.41) is 0. The van der Waals surface area contributed by atoms with Crippen LogP contribution in [0.5, 0.6) is 0 Å². The molecule has 0 unspecified atom stereocenters. The fraction of sp³-hybridized carbons (Fsp3) is 0.462. The van der Waals surface area contributed by atoms with Crippen molar-refractivity contribution in [3.8, 4) is 0 Å². The van der Waals surface area contributed by atoms with Gasteiger partial charge in [0.05, 0.1) is 17.1 Å². The van der Waals surface area contributed by atoms with Gasteiger partial charge in [0.25, 0.3) is 0 Å². The van der Waals surface area contributed by atoms with Crippen LogP contribution in [-0.4, -0.2) is 53.4 Å². The molecule has 0 aromatic heterocycles. The Labute approximate surface area is 139 Å². The normalized spacial score (nSPS) is 11.2. The number of rotatable bonds is 4.